The molecule has 0 atom stereocenters. The van der Waals surface area contributed by atoms with Crippen molar-refractivity contribution in [3.05, 3.63) is 33.9 Å². The van der Waals surface area contributed by atoms with Crippen LogP contribution in [0.3, 0.4) is 0 Å². The molecule has 1 fully saturated rings. The zero-order valence-electron chi connectivity index (χ0n) is 12.8. The molecule has 0 aromatic heterocycles. The van der Waals surface area contributed by atoms with Gasteiger partial charge >= 0.3 is 6.03 Å². The lowest BCUT2D eigenvalue weighted by Crippen LogP contribution is -2.45. The highest BCUT2D eigenvalue weighted by Gasteiger charge is 2.18. The highest BCUT2D eigenvalue weighted by atomic mass is 16.6. The van der Waals surface area contributed by atoms with Gasteiger partial charge < -0.3 is 10.1 Å². The lowest BCUT2D eigenvalue weighted by molar-refractivity contribution is -0.385. The van der Waals surface area contributed by atoms with E-state index in [1.165, 1.54) is 18.2 Å². The number of nitro groups is 1. The Balaban J connectivity index is 1.78. The van der Waals surface area contributed by atoms with Gasteiger partial charge in [0.1, 0.15) is 5.75 Å². The minimum Gasteiger partial charge on any atom is -0.484 e. The van der Waals surface area contributed by atoms with Crippen LogP contribution in [0.4, 0.5) is 10.5 Å². The first-order chi connectivity index (χ1) is 11.0. The van der Waals surface area contributed by atoms with Crippen molar-refractivity contribution in [1.29, 1.82) is 0 Å². The summed E-state index contributed by atoms with van der Waals surface area (Å²) in [5.41, 5.74) is 0.421. The average Bonchev–Trinajstić information content (AvgIpc) is 2.97. The molecular weight excluding hydrogens is 302 g/mol. The first kappa shape index (κ1) is 16.7. The number of aryl methyl sites for hydroxylation is 1. The summed E-state index contributed by atoms with van der Waals surface area (Å²) < 4.78 is 5.24. The Morgan fingerprint density at radius 3 is 2.65 bits per heavy atom. The summed E-state index contributed by atoms with van der Waals surface area (Å²) >= 11 is 0. The maximum Gasteiger partial charge on any atom is 0.321 e. The van der Waals surface area contributed by atoms with E-state index in [-0.39, 0.29) is 18.3 Å². The second-order valence-electron chi connectivity index (χ2n) is 5.50. The fourth-order valence-electron chi connectivity index (χ4n) is 2.53. The van der Waals surface area contributed by atoms with Crippen molar-refractivity contribution in [3.63, 3.8) is 0 Å². The van der Waals surface area contributed by atoms with Crippen LogP contribution in [0.5, 0.6) is 5.75 Å². The lowest BCUT2D eigenvalue weighted by Gasteiger charge is -2.12. The molecule has 0 aliphatic heterocycles. The first-order valence-electron chi connectivity index (χ1n) is 7.44. The molecule has 3 amide bonds. The van der Waals surface area contributed by atoms with E-state index in [0.717, 1.165) is 25.7 Å². The maximum absolute atomic E-state index is 11.7. The van der Waals surface area contributed by atoms with E-state index in [9.17, 15) is 19.7 Å². The topological polar surface area (TPSA) is 111 Å². The van der Waals surface area contributed by atoms with Gasteiger partial charge in [0, 0.05) is 17.7 Å². The van der Waals surface area contributed by atoms with Crippen LogP contribution in [0.1, 0.15) is 31.2 Å². The number of carbonyl (C=O) groups excluding carboxylic acids is 2. The van der Waals surface area contributed by atoms with Gasteiger partial charge in [-0.1, -0.05) is 12.8 Å². The standard InChI is InChI=1S/C15H19N3O5/c1-10-8-12(6-7-13(10)18(21)22)23-9-14(19)17-15(20)16-11-4-2-3-5-11/h6-8,11H,2-5,9H2,1H3,(H2,16,17,19,20). The molecule has 1 aliphatic carbocycles. The Labute approximate surface area is 133 Å². The molecule has 1 aliphatic rings. The third-order valence-electron chi connectivity index (χ3n) is 3.68. The van der Waals surface area contributed by atoms with E-state index >= 15 is 0 Å². The fraction of sp³-hybridized carbons (Fsp3) is 0.467. The summed E-state index contributed by atoms with van der Waals surface area (Å²) in [5.74, 6) is -0.240. The number of rotatable bonds is 5. The largest absolute Gasteiger partial charge is 0.484 e. The van der Waals surface area contributed by atoms with Crippen LogP contribution in [-0.4, -0.2) is 29.5 Å². The van der Waals surface area contributed by atoms with Gasteiger partial charge in [-0.15, -0.1) is 0 Å². The third kappa shape index (κ3) is 4.94. The first-order valence-corrected chi connectivity index (χ1v) is 7.44. The lowest BCUT2D eigenvalue weighted by atomic mass is 10.2. The van der Waals surface area contributed by atoms with Crippen molar-refractivity contribution in [1.82, 2.24) is 10.6 Å². The molecule has 0 bridgehead atoms. The van der Waals surface area contributed by atoms with Crippen LogP contribution in [0.25, 0.3) is 0 Å². The predicted molar refractivity (Wildman–Crippen MR) is 82.3 cm³/mol. The second kappa shape index (κ2) is 7.57. The molecule has 2 rings (SSSR count). The minimum absolute atomic E-state index is 0.0160. The van der Waals surface area contributed by atoms with Crippen molar-refractivity contribution in [2.75, 3.05) is 6.61 Å². The molecule has 1 aromatic carbocycles. The second-order valence-corrected chi connectivity index (χ2v) is 5.50. The highest BCUT2D eigenvalue weighted by molar-refractivity contribution is 5.95. The Morgan fingerprint density at radius 2 is 2.04 bits per heavy atom. The number of nitrogens with zero attached hydrogens (tertiary/aromatic N) is 1. The van der Waals surface area contributed by atoms with Gasteiger partial charge in [-0.2, -0.15) is 0 Å². The molecule has 124 valence electrons. The van der Waals surface area contributed by atoms with Gasteiger partial charge in [0.05, 0.1) is 4.92 Å². The number of ether oxygens (including phenoxy) is 1. The number of hydrogen-bond donors (Lipinski definition) is 2. The molecule has 8 nitrogen and oxygen atoms in total. The Morgan fingerprint density at radius 1 is 1.35 bits per heavy atom. The van der Waals surface area contributed by atoms with E-state index in [1.807, 2.05) is 0 Å². The van der Waals surface area contributed by atoms with Crippen LogP contribution in [0.15, 0.2) is 18.2 Å². The zero-order valence-corrected chi connectivity index (χ0v) is 12.8. The number of benzene rings is 1. The van der Waals surface area contributed by atoms with Gasteiger partial charge in [-0.25, -0.2) is 4.79 Å². The number of nitro benzene ring substituents is 1. The van der Waals surface area contributed by atoms with Crippen LogP contribution < -0.4 is 15.4 Å². The quantitative estimate of drug-likeness (QED) is 0.637. The van der Waals surface area contributed by atoms with Crippen molar-refractivity contribution in [2.24, 2.45) is 0 Å². The summed E-state index contributed by atoms with van der Waals surface area (Å²) in [6.07, 6.45) is 4.03. The van der Waals surface area contributed by atoms with Crippen molar-refractivity contribution in [2.45, 2.75) is 38.6 Å². The number of amides is 3. The van der Waals surface area contributed by atoms with Crippen LogP contribution in [0.2, 0.25) is 0 Å². The van der Waals surface area contributed by atoms with E-state index in [2.05, 4.69) is 10.6 Å². The molecule has 2 N–H and O–H groups in total. The summed E-state index contributed by atoms with van der Waals surface area (Å²) in [7, 11) is 0. The monoisotopic (exact) mass is 321 g/mol. The van der Waals surface area contributed by atoms with E-state index in [4.69, 9.17) is 4.74 Å². The fourth-order valence-corrected chi connectivity index (χ4v) is 2.53. The van der Waals surface area contributed by atoms with Crippen LogP contribution >= 0.6 is 0 Å². The van der Waals surface area contributed by atoms with E-state index in [0.29, 0.717) is 11.3 Å². The number of urea groups is 1. The summed E-state index contributed by atoms with van der Waals surface area (Å²) in [6, 6.07) is 3.81. The van der Waals surface area contributed by atoms with Crippen molar-refractivity contribution >= 4 is 17.6 Å². The molecule has 23 heavy (non-hydrogen) atoms. The Kier molecular flexibility index (Phi) is 5.51. The van der Waals surface area contributed by atoms with Gasteiger partial charge in [-0.05, 0) is 31.9 Å². The number of carbonyl (C=O) groups is 2. The molecule has 0 unspecified atom stereocenters. The van der Waals surface area contributed by atoms with E-state index in [1.54, 1.807) is 6.92 Å². The molecule has 1 aromatic rings. The molecule has 1 saturated carbocycles. The van der Waals surface area contributed by atoms with Gasteiger partial charge in [0.25, 0.3) is 11.6 Å². The summed E-state index contributed by atoms with van der Waals surface area (Å²) in [5, 5.41) is 15.7. The molecule has 0 radical (unpaired) electrons. The summed E-state index contributed by atoms with van der Waals surface area (Å²) in [4.78, 5) is 33.5. The molecule has 0 heterocycles. The number of imide groups is 1. The maximum atomic E-state index is 11.7. The zero-order chi connectivity index (χ0) is 16.8. The minimum atomic E-state index is -0.573. The number of hydrogen-bond acceptors (Lipinski definition) is 5. The molecule has 0 spiro atoms. The summed E-state index contributed by atoms with van der Waals surface area (Å²) in [6.45, 7) is 1.25. The van der Waals surface area contributed by atoms with Crippen molar-refractivity contribution < 1.29 is 19.2 Å². The Bertz CT molecular complexity index is 611. The van der Waals surface area contributed by atoms with Crippen molar-refractivity contribution in [3.8, 4) is 5.75 Å². The van der Waals surface area contributed by atoms with Crippen LogP contribution in [0, 0.1) is 17.0 Å². The average molecular weight is 321 g/mol. The highest BCUT2D eigenvalue weighted by Crippen LogP contribution is 2.22. The predicted octanol–water partition coefficient (Wildman–Crippen LogP) is 2.05. The third-order valence-corrected chi connectivity index (χ3v) is 3.68. The van der Waals surface area contributed by atoms with Gasteiger partial charge in [0.2, 0.25) is 0 Å². The molecular formula is C15H19N3O5. The normalized spacial score (nSPS) is 14.3. The van der Waals surface area contributed by atoms with Crippen LogP contribution in [-0.2, 0) is 4.79 Å². The number of nitrogens with one attached hydrogen (secondary N) is 2. The Hall–Kier alpha value is -2.64. The van der Waals surface area contributed by atoms with Gasteiger partial charge in [0.15, 0.2) is 6.61 Å². The smallest absolute Gasteiger partial charge is 0.321 e. The SMILES string of the molecule is Cc1cc(OCC(=O)NC(=O)NC2CCCC2)ccc1[N+](=O)[O-]. The molecule has 8 heteroatoms. The van der Waals surface area contributed by atoms with Gasteiger partial charge in [-0.3, -0.25) is 20.2 Å². The van der Waals surface area contributed by atoms with E-state index < -0.39 is 16.9 Å². The molecule has 0 saturated heterocycles.